The summed E-state index contributed by atoms with van der Waals surface area (Å²) in [4.78, 5) is 4.35. The summed E-state index contributed by atoms with van der Waals surface area (Å²) in [5.41, 5.74) is 2.20. The van der Waals surface area contributed by atoms with Crippen LogP contribution in [0.1, 0.15) is 12.5 Å². The zero-order valence-corrected chi connectivity index (χ0v) is 8.16. The smallest absolute Gasteiger partial charge is 0.122 e. The number of hydrogen-bond donors (Lipinski definition) is 0. The van der Waals surface area contributed by atoms with Gasteiger partial charge in [-0.1, -0.05) is 6.92 Å². The lowest BCUT2D eigenvalue weighted by Crippen LogP contribution is -1.86. The fourth-order valence-electron chi connectivity index (χ4n) is 1.43. The summed E-state index contributed by atoms with van der Waals surface area (Å²) in [6.07, 6.45) is 2.91. The van der Waals surface area contributed by atoms with E-state index >= 15 is 0 Å². The molecule has 1 aromatic heterocycles. The quantitative estimate of drug-likeness (QED) is 0.719. The Morgan fingerprint density at radius 1 is 1.36 bits per heavy atom. The Balaban J connectivity index is 2.57. The highest BCUT2D eigenvalue weighted by molar-refractivity contribution is 5.80. The molecule has 0 unspecified atom stereocenters. The zero-order chi connectivity index (χ0) is 9.97. The van der Waals surface area contributed by atoms with Crippen molar-refractivity contribution in [3.63, 3.8) is 0 Å². The van der Waals surface area contributed by atoms with E-state index in [4.69, 9.17) is 4.74 Å². The third kappa shape index (κ3) is 1.55. The van der Waals surface area contributed by atoms with Crippen molar-refractivity contribution < 1.29 is 4.74 Å². The van der Waals surface area contributed by atoms with Crippen molar-refractivity contribution in [2.24, 2.45) is 0 Å². The second-order valence-corrected chi connectivity index (χ2v) is 3.20. The molecule has 1 radical (unpaired) electrons. The summed E-state index contributed by atoms with van der Waals surface area (Å²) in [7, 11) is 3.37. The standard InChI is InChI=1S/C12H12NO/c1-3-9-6-10-4-5-11(14-2)7-12(10)13-8-9/h4-8H,2-3H2,1H3. The molecule has 2 nitrogen and oxygen atoms in total. The Hall–Kier alpha value is -1.57. The first kappa shape index (κ1) is 9.00. The van der Waals surface area contributed by atoms with Crippen molar-refractivity contribution in [1.82, 2.24) is 4.98 Å². The number of benzene rings is 1. The maximum atomic E-state index is 4.89. The van der Waals surface area contributed by atoms with Crippen LogP contribution in [0.3, 0.4) is 0 Å². The lowest BCUT2D eigenvalue weighted by Gasteiger charge is -2.02. The zero-order valence-electron chi connectivity index (χ0n) is 8.16. The van der Waals surface area contributed by atoms with Crippen molar-refractivity contribution in [2.45, 2.75) is 13.3 Å². The van der Waals surface area contributed by atoms with Crippen LogP contribution in [0.4, 0.5) is 0 Å². The van der Waals surface area contributed by atoms with E-state index in [2.05, 4.69) is 25.1 Å². The molecule has 0 aliphatic rings. The molecule has 71 valence electrons. The minimum atomic E-state index is 0.745. The normalized spacial score (nSPS) is 10.4. The van der Waals surface area contributed by atoms with E-state index in [9.17, 15) is 0 Å². The first-order valence-corrected chi connectivity index (χ1v) is 4.64. The molecule has 0 amide bonds. The lowest BCUT2D eigenvalue weighted by molar-refractivity contribution is 0.473. The number of pyridine rings is 1. The molecule has 14 heavy (non-hydrogen) atoms. The molecule has 2 rings (SSSR count). The predicted octanol–water partition coefficient (Wildman–Crippen LogP) is 2.97. The Bertz CT molecular complexity index is 408. The average molecular weight is 186 g/mol. The molecule has 0 spiro atoms. The van der Waals surface area contributed by atoms with Gasteiger partial charge in [-0.2, -0.15) is 0 Å². The van der Waals surface area contributed by atoms with Crippen LogP contribution in [0.15, 0.2) is 30.5 Å². The Labute approximate surface area is 83.5 Å². The van der Waals surface area contributed by atoms with Gasteiger partial charge in [0.15, 0.2) is 0 Å². The van der Waals surface area contributed by atoms with Crippen LogP contribution in [-0.2, 0) is 6.42 Å². The molecule has 1 heterocycles. The highest BCUT2D eigenvalue weighted by atomic mass is 16.5. The van der Waals surface area contributed by atoms with Gasteiger partial charge in [-0.15, -0.1) is 0 Å². The third-order valence-corrected chi connectivity index (χ3v) is 2.29. The minimum Gasteiger partial charge on any atom is -0.490 e. The van der Waals surface area contributed by atoms with Crippen LogP contribution in [0, 0.1) is 7.11 Å². The van der Waals surface area contributed by atoms with Gasteiger partial charge >= 0.3 is 0 Å². The summed E-state index contributed by atoms with van der Waals surface area (Å²) >= 11 is 0. The van der Waals surface area contributed by atoms with Gasteiger partial charge in [0, 0.05) is 17.6 Å². The molecule has 0 saturated carbocycles. The van der Waals surface area contributed by atoms with E-state index in [1.165, 1.54) is 5.56 Å². The molecule has 0 atom stereocenters. The average Bonchev–Trinajstić information content (AvgIpc) is 2.27. The van der Waals surface area contributed by atoms with Gasteiger partial charge in [0.2, 0.25) is 0 Å². The number of nitrogens with zero attached hydrogens (tertiary/aromatic N) is 1. The monoisotopic (exact) mass is 186 g/mol. The molecule has 0 N–H and O–H groups in total. The van der Waals surface area contributed by atoms with Crippen LogP contribution in [0.5, 0.6) is 5.75 Å². The van der Waals surface area contributed by atoms with Gasteiger partial charge in [0.25, 0.3) is 0 Å². The molecule has 0 aliphatic carbocycles. The first-order chi connectivity index (χ1) is 6.83. The van der Waals surface area contributed by atoms with Crippen LogP contribution in [0.25, 0.3) is 10.9 Å². The van der Waals surface area contributed by atoms with E-state index < -0.39 is 0 Å². The number of ether oxygens (including phenoxy) is 1. The number of aromatic nitrogens is 1. The van der Waals surface area contributed by atoms with Gasteiger partial charge < -0.3 is 4.74 Å². The molecule has 0 saturated heterocycles. The molecule has 1 aromatic carbocycles. The summed E-state index contributed by atoms with van der Waals surface area (Å²) in [5, 5.41) is 1.14. The number of fused-ring (bicyclic) bond motifs is 1. The lowest BCUT2D eigenvalue weighted by atomic mass is 10.1. The number of hydrogen-bond acceptors (Lipinski definition) is 2. The number of aryl methyl sites for hydroxylation is 1. The van der Waals surface area contributed by atoms with Crippen LogP contribution in [-0.4, -0.2) is 4.98 Å². The van der Waals surface area contributed by atoms with E-state index in [0.717, 1.165) is 23.1 Å². The van der Waals surface area contributed by atoms with Gasteiger partial charge in [0.1, 0.15) is 12.9 Å². The van der Waals surface area contributed by atoms with E-state index in [1.807, 2.05) is 24.4 Å². The van der Waals surface area contributed by atoms with Crippen LogP contribution >= 0.6 is 0 Å². The van der Waals surface area contributed by atoms with Gasteiger partial charge in [0.05, 0.1) is 5.52 Å². The second kappa shape index (κ2) is 3.66. The molecular weight excluding hydrogens is 174 g/mol. The summed E-state index contributed by atoms with van der Waals surface area (Å²) in [5.74, 6) is 0.745. The second-order valence-electron chi connectivity index (χ2n) is 3.20. The predicted molar refractivity (Wildman–Crippen MR) is 57.1 cm³/mol. The highest BCUT2D eigenvalue weighted by Gasteiger charge is 1.98. The summed E-state index contributed by atoms with van der Waals surface area (Å²) < 4.78 is 4.89. The SMILES string of the molecule is [CH2]Oc1ccc2cc(CC)cnc2c1. The topological polar surface area (TPSA) is 22.1 Å². The van der Waals surface area contributed by atoms with E-state index in [0.29, 0.717) is 0 Å². The minimum absolute atomic E-state index is 0.745. The van der Waals surface area contributed by atoms with Gasteiger partial charge in [-0.25, -0.2) is 0 Å². The van der Waals surface area contributed by atoms with Gasteiger partial charge in [-0.3, -0.25) is 4.98 Å². The Kier molecular flexibility index (Phi) is 2.35. The largest absolute Gasteiger partial charge is 0.490 e. The summed E-state index contributed by atoms with van der Waals surface area (Å²) in [6.45, 7) is 2.12. The fraction of sp³-hybridized carbons (Fsp3) is 0.167. The van der Waals surface area contributed by atoms with Crippen LogP contribution < -0.4 is 4.74 Å². The maximum Gasteiger partial charge on any atom is 0.122 e. The van der Waals surface area contributed by atoms with Gasteiger partial charge in [-0.05, 0) is 30.2 Å². The Morgan fingerprint density at radius 2 is 2.21 bits per heavy atom. The van der Waals surface area contributed by atoms with Crippen molar-refractivity contribution >= 4 is 10.9 Å². The van der Waals surface area contributed by atoms with Crippen molar-refractivity contribution in [2.75, 3.05) is 0 Å². The molecular formula is C12H12NO. The Morgan fingerprint density at radius 3 is 2.93 bits per heavy atom. The van der Waals surface area contributed by atoms with Crippen molar-refractivity contribution in [3.05, 3.63) is 43.1 Å². The van der Waals surface area contributed by atoms with E-state index in [1.54, 1.807) is 0 Å². The molecule has 0 aliphatic heterocycles. The first-order valence-electron chi connectivity index (χ1n) is 4.64. The van der Waals surface area contributed by atoms with Crippen LogP contribution in [0.2, 0.25) is 0 Å². The molecule has 2 heteroatoms. The fourth-order valence-corrected chi connectivity index (χ4v) is 1.43. The molecule has 2 aromatic rings. The van der Waals surface area contributed by atoms with Crippen molar-refractivity contribution in [3.8, 4) is 5.75 Å². The van der Waals surface area contributed by atoms with Crippen molar-refractivity contribution in [1.29, 1.82) is 0 Å². The number of rotatable bonds is 2. The van der Waals surface area contributed by atoms with E-state index in [-0.39, 0.29) is 0 Å². The molecule has 0 bridgehead atoms. The third-order valence-electron chi connectivity index (χ3n) is 2.29. The highest BCUT2D eigenvalue weighted by Crippen LogP contribution is 2.19. The summed E-state index contributed by atoms with van der Waals surface area (Å²) in [6, 6.07) is 7.94. The maximum absolute atomic E-state index is 4.89. The molecule has 0 fully saturated rings.